The van der Waals surface area contributed by atoms with Crippen molar-refractivity contribution in [2.75, 3.05) is 32.8 Å². The predicted octanol–water partition coefficient (Wildman–Crippen LogP) is 12.3. The van der Waals surface area contributed by atoms with Gasteiger partial charge in [-0.3, -0.25) is 19.2 Å². The van der Waals surface area contributed by atoms with Gasteiger partial charge >= 0.3 is 11.9 Å². The molecule has 1 rings (SSSR count). The Morgan fingerprint density at radius 1 is 0.559 bits per heavy atom. The number of carbonyl (C=O) groups is 2. The zero-order valence-electron chi connectivity index (χ0n) is 39.3. The van der Waals surface area contributed by atoms with E-state index in [1.165, 1.54) is 103 Å². The van der Waals surface area contributed by atoms with Crippen molar-refractivity contribution >= 4 is 11.9 Å². The van der Waals surface area contributed by atoms with Crippen LogP contribution in [0.5, 0.6) is 0 Å². The minimum Gasteiger partial charge on any atom is -0.465 e. The van der Waals surface area contributed by atoms with Crippen molar-refractivity contribution in [1.29, 1.82) is 0 Å². The van der Waals surface area contributed by atoms with Crippen molar-refractivity contribution in [3.63, 3.8) is 0 Å². The molecule has 4 unspecified atom stereocenters. The second-order valence-electron chi connectivity index (χ2n) is 17.8. The van der Waals surface area contributed by atoms with Crippen molar-refractivity contribution in [3.8, 4) is 0 Å². The van der Waals surface area contributed by atoms with Gasteiger partial charge in [0.25, 0.3) is 0 Å². The molecule has 0 fully saturated rings. The number of esters is 2. The fourth-order valence-electron chi connectivity index (χ4n) is 8.19. The normalized spacial score (nSPS) is 13.8. The van der Waals surface area contributed by atoms with Crippen LogP contribution in [0, 0.1) is 18.8 Å². The molecule has 0 saturated carbocycles. The van der Waals surface area contributed by atoms with Crippen LogP contribution >= 0.6 is 0 Å². The maximum Gasteiger partial charge on any atom is 0.308 e. The van der Waals surface area contributed by atoms with Crippen LogP contribution < -0.4 is 0 Å². The van der Waals surface area contributed by atoms with Crippen LogP contribution in [0.25, 0.3) is 0 Å². The Balaban J connectivity index is 2.53. The molecule has 0 bridgehead atoms. The van der Waals surface area contributed by atoms with Gasteiger partial charge in [-0.25, -0.2) is 0 Å². The second-order valence-corrected chi connectivity index (χ2v) is 17.8. The number of ether oxygens (including phenoxy) is 2. The summed E-state index contributed by atoms with van der Waals surface area (Å²) in [7, 11) is 0. The minimum atomic E-state index is -0.540. The third kappa shape index (κ3) is 30.7. The second kappa shape index (κ2) is 38.9. The number of hydrogen-bond acceptors (Lipinski definition) is 8. The first-order valence-corrected chi connectivity index (χ1v) is 25.2. The number of aliphatic hydroxyl groups is 2. The molecule has 1 aromatic heterocycles. The van der Waals surface area contributed by atoms with Crippen LogP contribution in [0.4, 0.5) is 0 Å². The van der Waals surface area contributed by atoms with E-state index in [1.807, 2.05) is 17.7 Å². The van der Waals surface area contributed by atoms with E-state index in [2.05, 4.69) is 37.7 Å². The van der Waals surface area contributed by atoms with E-state index in [1.54, 1.807) is 6.20 Å². The van der Waals surface area contributed by atoms with Crippen molar-refractivity contribution in [2.45, 2.75) is 246 Å². The van der Waals surface area contributed by atoms with Gasteiger partial charge in [0.05, 0.1) is 43.8 Å². The zero-order valence-corrected chi connectivity index (χ0v) is 39.3. The molecule has 9 heteroatoms. The number of unbranched alkanes of at least 4 members (excludes halogenated alkanes) is 18. The predicted molar refractivity (Wildman–Crippen MR) is 246 cm³/mol. The summed E-state index contributed by atoms with van der Waals surface area (Å²) in [6.07, 6.45) is 32.8. The van der Waals surface area contributed by atoms with E-state index in [9.17, 15) is 19.8 Å². The Labute approximate surface area is 363 Å². The number of carbonyl (C=O) groups excluding carboxylic acids is 2. The molecule has 0 aliphatic carbocycles. The zero-order chi connectivity index (χ0) is 43.2. The van der Waals surface area contributed by atoms with Crippen LogP contribution in [0.3, 0.4) is 0 Å². The van der Waals surface area contributed by atoms with Crippen LogP contribution in [0.2, 0.25) is 0 Å². The first-order chi connectivity index (χ1) is 28.7. The van der Waals surface area contributed by atoms with Gasteiger partial charge in [-0.15, -0.1) is 0 Å². The molecular weight excluding hydrogens is 739 g/mol. The Morgan fingerprint density at radius 2 is 0.915 bits per heavy atom. The fourth-order valence-corrected chi connectivity index (χ4v) is 8.19. The number of aryl methyl sites for hydroxylation is 1. The van der Waals surface area contributed by atoms with Crippen molar-refractivity contribution in [1.82, 2.24) is 14.7 Å². The lowest BCUT2D eigenvalue weighted by atomic mass is 9.94. The summed E-state index contributed by atoms with van der Waals surface area (Å²) in [5, 5.41) is 26.6. The third-order valence-electron chi connectivity index (χ3n) is 12.1. The molecular formula is C50H95N3O6. The SMILES string of the molecule is CCCCCCCCC(CCCCCC)C(=O)OCCCCC(O)CN(CCn1nccc1C)CC(O)CCCCOC(=O)C(CCCCCC)CCCCCCCC. The largest absolute Gasteiger partial charge is 0.465 e. The Kier molecular flexibility index (Phi) is 36.3. The molecule has 9 nitrogen and oxygen atoms in total. The first kappa shape index (κ1) is 55.0. The lowest BCUT2D eigenvalue weighted by molar-refractivity contribution is -0.150. The molecule has 2 N–H and O–H groups in total. The lowest BCUT2D eigenvalue weighted by Gasteiger charge is -2.27. The molecule has 0 aliphatic rings. The summed E-state index contributed by atoms with van der Waals surface area (Å²) < 4.78 is 13.6. The summed E-state index contributed by atoms with van der Waals surface area (Å²) in [6.45, 7) is 14.0. The standard InChI is InChI=1S/C50H95N3O6/c1-6-10-14-18-20-24-32-45(30-22-16-12-8-3)49(56)58-40-28-26-34-47(54)42-52(38-39-53-44(5)36-37-51-53)43-48(55)35-27-29-41-59-50(57)46(31-23-17-13-9-4)33-25-21-19-15-11-7-2/h36-37,45-48,54-55H,6-35,38-43H2,1-5H3. The topological polar surface area (TPSA) is 114 Å². The van der Waals surface area contributed by atoms with E-state index >= 15 is 0 Å². The van der Waals surface area contributed by atoms with Crippen LogP contribution in [0.1, 0.15) is 226 Å². The van der Waals surface area contributed by atoms with E-state index in [0.717, 1.165) is 82.7 Å². The summed E-state index contributed by atoms with van der Waals surface area (Å²) in [5.74, 6) is -0.0508. The molecule has 0 saturated heterocycles. The monoisotopic (exact) mass is 834 g/mol. The van der Waals surface area contributed by atoms with Gasteiger partial charge in [-0.1, -0.05) is 156 Å². The summed E-state index contributed by atoms with van der Waals surface area (Å²) in [4.78, 5) is 28.3. The highest BCUT2D eigenvalue weighted by Crippen LogP contribution is 2.22. The van der Waals surface area contributed by atoms with Crippen LogP contribution in [0.15, 0.2) is 12.3 Å². The Hall–Kier alpha value is -1.97. The molecule has 59 heavy (non-hydrogen) atoms. The molecule has 0 aromatic carbocycles. The molecule has 0 spiro atoms. The van der Waals surface area contributed by atoms with E-state index in [4.69, 9.17) is 9.47 Å². The van der Waals surface area contributed by atoms with E-state index in [0.29, 0.717) is 52.2 Å². The van der Waals surface area contributed by atoms with E-state index < -0.39 is 12.2 Å². The maximum atomic E-state index is 13.1. The van der Waals surface area contributed by atoms with Gasteiger partial charge in [-0.05, 0) is 77.2 Å². The lowest BCUT2D eigenvalue weighted by Crippen LogP contribution is -2.40. The maximum absolute atomic E-state index is 13.1. The smallest absolute Gasteiger partial charge is 0.308 e. The summed E-state index contributed by atoms with van der Waals surface area (Å²) >= 11 is 0. The van der Waals surface area contributed by atoms with Crippen molar-refractivity contribution < 1.29 is 29.3 Å². The number of aliphatic hydroxyl groups excluding tert-OH is 2. The van der Waals surface area contributed by atoms with Crippen LogP contribution in [-0.4, -0.2) is 81.9 Å². The minimum absolute atomic E-state index is 0.00854. The molecule has 4 atom stereocenters. The molecule has 1 aromatic rings. The van der Waals surface area contributed by atoms with Gasteiger partial charge in [0.2, 0.25) is 0 Å². The average molecular weight is 834 g/mol. The summed E-state index contributed by atoms with van der Waals surface area (Å²) in [6, 6.07) is 1.99. The van der Waals surface area contributed by atoms with Gasteiger partial charge < -0.3 is 19.7 Å². The van der Waals surface area contributed by atoms with Gasteiger partial charge in [-0.2, -0.15) is 5.10 Å². The number of aromatic nitrogens is 2. The third-order valence-corrected chi connectivity index (χ3v) is 12.1. The van der Waals surface area contributed by atoms with Gasteiger partial charge in [0, 0.05) is 31.5 Å². The average Bonchev–Trinajstić information content (AvgIpc) is 3.64. The van der Waals surface area contributed by atoms with Gasteiger partial charge in [0.15, 0.2) is 0 Å². The quantitative estimate of drug-likeness (QED) is 0.0494. The molecule has 346 valence electrons. The van der Waals surface area contributed by atoms with Gasteiger partial charge in [0.1, 0.15) is 0 Å². The summed E-state index contributed by atoms with van der Waals surface area (Å²) in [5.41, 5.74) is 1.08. The first-order valence-electron chi connectivity index (χ1n) is 25.2. The van der Waals surface area contributed by atoms with Crippen LogP contribution in [-0.2, 0) is 25.6 Å². The van der Waals surface area contributed by atoms with Crippen molar-refractivity contribution in [3.05, 3.63) is 18.0 Å². The Morgan fingerprint density at radius 3 is 1.29 bits per heavy atom. The Bertz CT molecular complexity index is 1040. The molecule has 0 amide bonds. The number of nitrogens with zero attached hydrogens (tertiary/aromatic N) is 3. The fraction of sp³-hybridized carbons (Fsp3) is 0.900. The molecule has 0 radical (unpaired) electrons. The highest BCUT2D eigenvalue weighted by molar-refractivity contribution is 5.72. The molecule has 1 heterocycles. The molecule has 0 aliphatic heterocycles. The van der Waals surface area contributed by atoms with Crippen molar-refractivity contribution in [2.24, 2.45) is 11.8 Å². The number of rotatable bonds is 43. The van der Waals surface area contributed by atoms with E-state index in [-0.39, 0.29) is 23.8 Å². The highest BCUT2D eigenvalue weighted by atomic mass is 16.5. The highest BCUT2D eigenvalue weighted by Gasteiger charge is 2.21. The number of hydrogen-bond donors (Lipinski definition) is 2.